The number of rotatable bonds is 2. The van der Waals surface area contributed by atoms with Gasteiger partial charge in [-0.1, -0.05) is 18.2 Å². The highest BCUT2D eigenvalue weighted by atomic mass is 19.4. The molecular weight excluding hydrogens is 295 g/mol. The van der Waals surface area contributed by atoms with Gasteiger partial charge in [0.05, 0.1) is 0 Å². The molecular formula is C13H13F5N2O. The summed E-state index contributed by atoms with van der Waals surface area (Å²) in [5.74, 6) is -0.814. The molecule has 2 rings (SSSR count). The number of benzene rings is 1. The molecule has 8 heteroatoms. The number of halogens is 5. The molecule has 0 amide bonds. The molecule has 1 aliphatic rings. The topological polar surface area (TPSA) is 47.6 Å². The number of hydrogen-bond donors (Lipinski definition) is 1. The maximum absolute atomic E-state index is 14.2. The van der Waals surface area contributed by atoms with Crippen molar-refractivity contribution in [2.75, 3.05) is 6.67 Å². The Morgan fingerprint density at radius 2 is 2.10 bits per heavy atom. The number of alkyl halides is 4. The van der Waals surface area contributed by atoms with Crippen LogP contribution < -0.4 is 5.73 Å². The van der Waals surface area contributed by atoms with E-state index in [0.29, 0.717) is 0 Å². The van der Waals surface area contributed by atoms with E-state index in [2.05, 4.69) is 4.99 Å². The Hall–Kier alpha value is -1.86. The van der Waals surface area contributed by atoms with Crippen LogP contribution in [-0.4, -0.2) is 24.9 Å². The summed E-state index contributed by atoms with van der Waals surface area (Å²) in [5, 5.41) is 0. The first-order valence-corrected chi connectivity index (χ1v) is 6.10. The smallest absolute Gasteiger partial charge is 0.411 e. The van der Waals surface area contributed by atoms with Crippen molar-refractivity contribution < 1.29 is 26.7 Å². The third-order valence-corrected chi connectivity index (χ3v) is 3.38. The maximum Gasteiger partial charge on any atom is 0.411 e. The van der Waals surface area contributed by atoms with Crippen LogP contribution in [0.3, 0.4) is 0 Å². The molecule has 0 spiro atoms. The van der Waals surface area contributed by atoms with E-state index in [1.54, 1.807) is 0 Å². The molecule has 0 radical (unpaired) electrons. The van der Waals surface area contributed by atoms with Crippen molar-refractivity contribution >= 4 is 6.02 Å². The van der Waals surface area contributed by atoms with Crippen molar-refractivity contribution in [3.05, 3.63) is 35.1 Å². The van der Waals surface area contributed by atoms with Crippen LogP contribution in [-0.2, 0) is 10.3 Å². The highest BCUT2D eigenvalue weighted by Crippen LogP contribution is 2.41. The molecule has 1 aromatic rings. The summed E-state index contributed by atoms with van der Waals surface area (Å²) in [4.78, 5) is 3.13. The Morgan fingerprint density at radius 3 is 2.67 bits per heavy atom. The number of hydrogen-bond acceptors (Lipinski definition) is 3. The SMILES string of the molecule is Cc1cccc([C@]2(CF)C[C@@H](C(F)(F)F)N=C(N)O2)c1F. The average molecular weight is 308 g/mol. The zero-order valence-electron chi connectivity index (χ0n) is 11.0. The van der Waals surface area contributed by atoms with Gasteiger partial charge < -0.3 is 10.5 Å². The Kier molecular flexibility index (Phi) is 3.81. The molecule has 0 unspecified atom stereocenters. The van der Waals surface area contributed by atoms with Crippen molar-refractivity contribution in [1.82, 2.24) is 0 Å². The molecule has 21 heavy (non-hydrogen) atoms. The van der Waals surface area contributed by atoms with Gasteiger partial charge in [0.25, 0.3) is 6.02 Å². The minimum absolute atomic E-state index is 0.175. The number of aliphatic imine (C=N–C) groups is 1. The van der Waals surface area contributed by atoms with Crippen molar-refractivity contribution in [1.29, 1.82) is 0 Å². The van der Waals surface area contributed by atoms with Gasteiger partial charge in [-0.3, -0.25) is 0 Å². The third-order valence-electron chi connectivity index (χ3n) is 3.38. The van der Waals surface area contributed by atoms with E-state index >= 15 is 0 Å². The predicted molar refractivity (Wildman–Crippen MR) is 66.0 cm³/mol. The minimum atomic E-state index is -4.71. The van der Waals surface area contributed by atoms with Crippen molar-refractivity contribution in [3.63, 3.8) is 0 Å². The normalized spacial score (nSPS) is 26.2. The fourth-order valence-corrected chi connectivity index (χ4v) is 2.29. The third kappa shape index (κ3) is 2.79. The van der Waals surface area contributed by atoms with Crippen molar-refractivity contribution in [2.24, 2.45) is 10.7 Å². The molecule has 1 aliphatic heterocycles. The van der Waals surface area contributed by atoms with Gasteiger partial charge in [0.2, 0.25) is 0 Å². The summed E-state index contributed by atoms with van der Waals surface area (Å²) >= 11 is 0. The van der Waals surface area contributed by atoms with Crippen LogP contribution in [0.4, 0.5) is 22.0 Å². The molecule has 116 valence electrons. The van der Waals surface area contributed by atoms with Gasteiger partial charge in [0.1, 0.15) is 12.5 Å². The average Bonchev–Trinajstić information content (AvgIpc) is 2.40. The summed E-state index contributed by atoms with van der Waals surface area (Å²) in [7, 11) is 0. The van der Waals surface area contributed by atoms with Crippen LogP contribution >= 0.6 is 0 Å². The fraction of sp³-hybridized carbons (Fsp3) is 0.462. The first kappa shape index (κ1) is 15.5. The Labute approximate surface area is 117 Å². The Balaban J connectivity index is 2.52. The molecule has 0 aromatic heterocycles. The quantitative estimate of drug-likeness (QED) is 0.854. The van der Waals surface area contributed by atoms with Gasteiger partial charge in [-0.15, -0.1) is 0 Å². The summed E-state index contributed by atoms with van der Waals surface area (Å²) in [6.45, 7) is 0.0719. The van der Waals surface area contributed by atoms with Crippen molar-refractivity contribution in [3.8, 4) is 0 Å². The van der Waals surface area contributed by atoms with Crippen molar-refractivity contribution in [2.45, 2.75) is 31.2 Å². The molecule has 1 heterocycles. The molecule has 0 fully saturated rings. The Bertz CT molecular complexity index is 572. The van der Waals surface area contributed by atoms with Crippen LogP contribution in [0.5, 0.6) is 0 Å². The van der Waals surface area contributed by atoms with Gasteiger partial charge in [-0.25, -0.2) is 13.8 Å². The fourth-order valence-electron chi connectivity index (χ4n) is 2.29. The van der Waals surface area contributed by atoms with Gasteiger partial charge in [-0.05, 0) is 12.5 Å². The van der Waals surface area contributed by atoms with Gasteiger partial charge in [-0.2, -0.15) is 13.2 Å². The summed E-state index contributed by atoms with van der Waals surface area (Å²) in [5.41, 5.74) is 2.99. The maximum atomic E-state index is 14.2. The second kappa shape index (κ2) is 5.16. The number of amidine groups is 1. The minimum Gasteiger partial charge on any atom is -0.451 e. The van der Waals surface area contributed by atoms with E-state index in [9.17, 15) is 22.0 Å². The van der Waals surface area contributed by atoms with E-state index in [0.717, 1.165) is 0 Å². The molecule has 2 N–H and O–H groups in total. The standard InChI is InChI=1S/C13H13F5N2O/c1-7-3-2-4-8(10(7)15)12(6-14)5-9(13(16,17)18)20-11(19)21-12/h2-4,9H,5-6H2,1H3,(H2,19,20)/t9-,12+/m0/s1. The van der Waals surface area contributed by atoms with Gasteiger partial charge in [0, 0.05) is 12.0 Å². The number of nitrogens with two attached hydrogens (primary N) is 1. The van der Waals surface area contributed by atoms with Crippen LogP contribution in [0, 0.1) is 12.7 Å². The van der Waals surface area contributed by atoms with Crippen LogP contribution in [0.1, 0.15) is 17.5 Å². The van der Waals surface area contributed by atoms with Crippen LogP contribution in [0.15, 0.2) is 23.2 Å². The first-order valence-electron chi connectivity index (χ1n) is 6.10. The number of aryl methyl sites for hydroxylation is 1. The molecule has 0 aliphatic carbocycles. The molecule has 0 bridgehead atoms. The van der Waals surface area contributed by atoms with Gasteiger partial charge >= 0.3 is 6.18 Å². The van der Waals surface area contributed by atoms with E-state index in [4.69, 9.17) is 10.5 Å². The molecule has 3 nitrogen and oxygen atoms in total. The summed E-state index contributed by atoms with van der Waals surface area (Å²) in [6, 6.07) is 0.989. The van der Waals surface area contributed by atoms with Crippen LogP contribution in [0.2, 0.25) is 0 Å². The van der Waals surface area contributed by atoms with Crippen LogP contribution in [0.25, 0.3) is 0 Å². The molecule has 0 saturated carbocycles. The lowest BCUT2D eigenvalue weighted by Gasteiger charge is -2.38. The lowest BCUT2D eigenvalue weighted by atomic mass is 9.86. The predicted octanol–water partition coefficient (Wildman–Crippen LogP) is 2.96. The second-order valence-corrected chi connectivity index (χ2v) is 4.90. The number of ether oxygens (including phenoxy) is 1. The van der Waals surface area contributed by atoms with E-state index in [1.807, 2.05) is 0 Å². The highest BCUT2D eigenvalue weighted by Gasteiger charge is 2.51. The Morgan fingerprint density at radius 1 is 1.43 bits per heavy atom. The van der Waals surface area contributed by atoms with Gasteiger partial charge in [0.15, 0.2) is 11.6 Å². The highest BCUT2D eigenvalue weighted by molar-refractivity contribution is 5.73. The largest absolute Gasteiger partial charge is 0.451 e. The zero-order chi connectivity index (χ0) is 15.8. The molecule has 1 aromatic carbocycles. The van der Waals surface area contributed by atoms with E-state index in [-0.39, 0.29) is 11.1 Å². The summed E-state index contributed by atoms with van der Waals surface area (Å²) < 4.78 is 71.2. The first-order chi connectivity index (χ1) is 9.69. The summed E-state index contributed by atoms with van der Waals surface area (Å²) in [6.07, 6.45) is -5.58. The van der Waals surface area contributed by atoms with E-state index in [1.165, 1.54) is 25.1 Å². The monoisotopic (exact) mass is 308 g/mol. The molecule has 2 atom stereocenters. The lowest BCUT2D eigenvalue weighted by Crippen LogP contribution is -2.48. The van der Waals surface area contributed by atoms with E-state index < -0.39 is 42.8 Å². The lowest BCUT2D eigenvalue weighted by molar-refractivity contribution is -0.167. The number of nitrogens with zero attached hydrogens (tertiary/aromatic N) is 1. The zero-order valence-corrected chi connectivity index (χ0v) is 11.0. The second-order valence-electron chi connectivity index (χ2n) is 4.90. The molecule has 0 saturated heterocycles.